The molecule has 0 saturated heterocycles. The van der Waals surface area contributed by atoms with Gasteiger partial charge in [-0.2, -0.15) is 0 Å². The van der Waals surface area contributed by atoms with E-state index in [1.54, 1.807) is 0 Å². The normalized spacial score (nSPS) is 15.6. The molecule has 0 N–H and O–H groups in total. The molecule has 138 valence electrons. The third-order valence-electron chi connectivity index (χ3n) is 5.96. The van der Waals surface area contributed by atoms with Crippen LogP contribution in [0.1, 0.15) is 41.2 Å². The number of hydrogen-bond donors (Lipinski definition) is 0. The van der Waals surface area contributed by atoms with Crippen LogP contribution in [-0.2, 0) is 25.8 Å². The number of benzene rings is 2. The van der Waals surface area contributed by atoms with Crippen LogP contribution in [0.4, 0.5) is 5.69 Å². The number of aryl methyl sites for hydroxylation is 3. The van der Waals surface area contributed by atoms with Crippen LogP contribution in [-0.4, -0.2) is 6.73 Å². The van der Waals surface area contributed by atoms with Gasteiger partial charge in [-0.05, 0) is 55.9 Å². The van der Waals surface area contributed by atoms with Crippen LogP contribution in [0.15, 0.2) is 39.5 Å². The summed E-state index contributed by atoms with van der Waals surface area (Å²) in [6, 6.07) is 10.7. The monoisotopic (exact) mass is 361 g/mol. The minimum atomic E-state index is -0.174. The molecule has 0 fully saturated rings. The van der Waals surface area contributed by atoms with E-state index in [1.165, 1.54) is 22.4 Å². The zero-order valence-electron chi connectivity index (χ0n) is 15.8. The third kappa shape index (κ3) is 2.47. The molecule has 0 radical (unpaired) electrons. The summed E-state index contributed by atoms with van der Waals surface area (Å²) in [6.07, 6.45) is 3.81. The summed E-state index contributed by atoms with van der Waals surface area (Å²) in [5, 5.41) is 1.09. The van der Waals surface area contributed by atoms with E-state index in [0.717, 1.165) is 54.5 Å². The fourth-order valence-corrected chi connectivity index (χ4v) is 4.61. The molecular formula is C23H23NO3. The Hall–Kier alpha value is -2.75. The Balaban J connectivity index is 1.65. The van der Waals surface area contributed by atoms with Gasteiger partial charge >= 0.3 is 5.63 Å². The lowest BCUT2D eigenvalue weighted by Gasteiger charge is -2.33. The molecule has 4 heteroatoms. The van der Waals surface area contributed by atoms with Gasteiger partial charge < -0.3 is 14.1 Å². The summed E-state index contributed by atoms with van der Waals surface area (Å²) in [6.45, 7) is 5.49. The summed E-state index contributed by atoms with van der Waals surface area (Å²) >= 11 is 0. The zero-order chi connectivity index (χ0) is 18.5. The van der Waals surface area contributed by atoms with E-state index in [-0.39, 0.29) is 5.63 Å². The molecule has 4 nitrogen and oxygen atoms in total. The number of ether oxygens (including phenoxy) is 1. The van der Waals surface area contributed by atoms with E-state index in [1.807, 2.05) is 6.92 Å². The molecule has 1 aromatic heterocycles. The lowest BCUT2D eigenvalue weighted by atomic mass is 9.98. The zero-order valence-corrected chi connectivity index (χ0v) is 15.8. The molecule has 0 unspecified atom stereocenters. The molecule has 0 bridgehead atoms. The fourth-order valence-electron chi connectivity index (χ4n) is 4.61. The van der Waals surface area contributed by atoms with Crippen molar-refractivity contribution in [1.82, 2.24) is 0 Å². The van der Waals surface area contributed by atoms with Crippen LogP contribution in [0, 0.1) is 6.92 Å². The Labute approximate surface area is 158 Å². The first kappa shape index (κ1) is 16.4. The molecule has 3 aromatic rings. The van der Waals surface area contributed by atoms with Crippen molar-refractivity contribution < 1.29 is 9.15 Å². The van der Waals surface area contributed by atoms with Gasteiger partial charge in [0.2, 0.25) is 0 Å². The average Bonchev–Trinajstić information content (AvgIpc) is 3.20. The van der Waals surface area contributed by atoms with Crippen LogP contribution in [0.5, 0.6) is 5.75 Å². The van der Waals surface area contributed by atoms with E-state index < -0.39 is 0 Å². The first-order valence-corrected chi connectivity index (χ1v) is 9.74. The van der Waals surface area contributed by atoms with E-state index >= 15 is 0 Å². The molecule has 2 heterocycles. The number of hydrogen-bond acceptors (Lipinski definition) is 4. The minimum Gasteiger partial charge on any atom is -0.472 e. The van der Waals surface area contributed by atoms with Crippen molar-refractivity contribution >= 4 is 16.7 Å². The predicted octanol–water partition coefficient (Wildman–Crippen LogP) is 4.51. The molecule has 0 amide bonds. The quantitative estimate of drug-likeness (QED) is 0.630. The number of anilines is 1. The van der Waals surface area contributed by atoms with Gasteiger partial charge in [0.25, 0.3) is 0 Å². The average molecular weight is 361 g/mol. The van der Waals surface area contributed by atoms with Gasteiger partial charge in [0.15, 0.2) is 6.73 Å². The smallest absolute Gasteiger partial charge is 0.339 e. The molecular weight excluding hydrogens is 338 g/mol. The third-order valence-corrected chi connectivity index (χ3v) is 5.96. The SMILES string of the molecule is CCc1ccccc1N1COc2c(cc3c4c(c(=O)oc3c2C)CCC4)C1. The summed E-state index contributed by atoms with van der Waals surface area (Å²) in [5.74, 6) is 0.869. The summed E-state index contributed by atoms with van der Waals surface area (Å²) in [5.41, 5.74) is 7.24. The highest BCUT2D eigenvalue weighted by Crippen LogP contribution is 2.39. The summed E-state index contributed by atoms with van der Waals surface area (Å²) in [4.78, 5) is 14.6. The summed E-state index contributed by atoms with van der Waals surface area (Å²) < 4.78 is 11.9. The van der Waals surface area contributed by atoms with Crippen LogP contribution < -0.4 is 15.3 Å². The Bertz CT molecular complexity index is 1110. The van der Waals surface area contributed by atoms with Gasteiger partial charge in [-0.1, -0.05) is 25.1 Å². The van der Waals surface area contributed by atoms with Crippen LogP contribution in [0.3, 0.4) is 0 Å². The number of nitrogens with zero attached hydrogens (tertiary/aromatic N) is 1. The van der Waals surface area contributed by atoms with Crippen LogP contribution in [0.2, 0.25) is 0 Å². The van der Waals surface area contributed by atoms with Crippen LogP contribution in [0.25, 0.3) is 11.0 Å². The number of fused-ring (bicyclic) bond motifs is 4. The molecule has 0 saturated carbocycles. The Morgan fingerprint density at radius 1 is 1.15 bits per heavy atom. The molecule has 5 rings (SSSR count). The highest BCUT2D eigenvalue weighted by Gasteiger charge is 2.26. The maximum absolute atomic E-state index is 12.3. The summed E-state index contributed by atoms with van der Waals surface area (Å²) in [7, 11) is 0. The van der Waals surface area contributed by atoms with Crippen molar-refractivity contribution in [3.05, 3.63) is 68.6 Å². The maximum Gasteiger partial charge on any atom is 0.339 e. The van der Waals surface area contributed by atoms with Crippen molar-refractivity contribution in [2.45, 2.75) is 46.1 Å². The van der Waals surface area contributed by atoms with Crippen molar-refractivity contribution in [1.29, 1.82) is 0 Å². The Kier molecular flexibility index (Phi) is 3.74. The van der Waals surface area contributed by atoms with Crippen molar-refractivity contribution in [3.63, 3.8) is 0 Å². The van der Waals surface area contributed by atoms with Gasteiger partial charge in [0.05, 0.1) is 0 Å². The fraction of sp³-hybridized carbons (Fsp3) is 0.348. The molecule has 1 aliphatic carbocycles. The maximum atomic E-state index is 12.3. The van der Waals surface area contributed by atoms with Crippen molar-refractivity contribution in [2.24, 2.45) is 0 Å². The van der Waals surface area contributed by atoms with Crippen LogP contribution >= 0.6 is 0 Å². The van der Waals surface area contributed by atoms with Gasteiger partial charge in [0.1, 0.15) is 11.3 Å². The van der Waals surface area contributed by atoms with Crippen molar-refractivity contribution in [3.8, 4) is 5.75 Å². The van der Waals surface area contributed by atoms with Gasteiger partial charge in [-0.25, -0.2) is 4.79 Å². The van der Waals surface area contributed by atoms with E-state index in [0.29, 0.717) is 12.3 Å². The second-order valence-electron chi connectivity index (χ2n) is 7.52. The highest BCUT2D eigenvalue weighted by atomic mass is 16.5. The topological polar surface area (TPSA) is 42.7 Å². The largest absolute Gasteiger partial charge is 0.472 e. The van der Waals surface area contributed by atoms with E-state index in [2.05, 4.69) is 42.2 Å². The van der Waals surface area contributed by atoms with Gasteiger partial charge in [-0.15, -0.1) is 0 Å². The molecule has 2 aromatic carbocycles. The van der Waals surface area contributed by atoms with Gasteiger partial charge in [0, 0.05) is 34.3 Å². The highest BCUT2D eigenvalue weighted by molar-refractivity contribution is 5.88. The first-order chi connectivity index (χ1) is 13.2. The van der Waals surface area contributed by atoms with E-state index in [4.69, 9.17) is 9.15 Å². The molecule has 1 aliphatic heterocycles. The molecule has 2 aliphatic rings. The lowest BCUT2D eigenvalue weighted by molar-refractivity contribution is 0.287. The standard InChI is InChI=1S/C23H23NO3/c1-3-15-7-4-5-10-20(15)24-12-16-11-19-17-8-6-9-18(17)23(25)27-22(19)14(2)21(16)26-13-24/h4-5,7,10-11H,3,6,8-9,12-13H2,1-2H3. The molecule has 27 heavy (non-hydrogen) atoms. The second kappa shape index (κ2) is 6.15. The Morgan fingerprint density at radius 2 is 1.96 bits per heavy atom. The van der Waals surface area contributed by atoms with Crippen molar-refractivity contribution in [2.75, 3.05) is 11.6 Å². The minimum absolute atomic E-state index is 0.174. The molecule has 0 spiro atoms. The van der Waals surface area contributed by atoms with Gasteiger partial charge in [-0.3, -0.25) is 0 Å². The second-order valence-corrected chi connectivity index (χ2v) is 7.52. The van der Waals surface area contributed by atoms with E-state index in [9.17, 15) is 4.79 Å². The molecule has 0 atom stereocenters. The lowest BCUT2D eigenvalue weighted by Crippen LogP contribution is -2.33. The number of para-hydroxylation sites is 1. The predicted molar refractivity (Wildman–Crippen MR) is 107 cm³/mol. The number of rotatable bonds is 2. The first-order valence-electron chi connectivity index (χ1n) is 9.74. The Morgan fingerprint density at radius 3 is 2.81 bits per heavy atom.